The zero-order chi connectivity index (χ0) is 19.3. The Bertz CT molecular complexity index is 1050. The molecule has 0 radical (unpaired) electrons. The Balaban J connectivity index is 1.48. The molecule has 8 nitrogen and oxygen atoms in total. The van der Waals surface area contributed by atoms with Crippen LogP contribution < -0.4 is 4.90 Å². The molecule has 1 aliphatic heterocycles. The third-order valence-electron chi connectivity index (χ3n) is 5.41. The molecule has 0 unspecified atom stereocenters. The minimum Gasteiger partial charge on any atom is -0.329 e. The van der Waals surface area contributed by atoms with Crippen LogP contribution in [0.25, 0.3) is 17.8 Å². The lowest BCUT2D eigenvalue weighted by Gasteiger charge is -2.10. The standard InChI is InChI=1S/C20H23N7O/c1-13-10-21-14(2)27-20(13)22-16(24-27)7-8-17-23-18(26-9-3-4-19(26)28)12-25(17)11-15-5-6-15/h7-8,10,12,15H,3-6,9,11H2,1-2H3. The molecule has 8 heteroatoms. The van der Waals surface area contributed by atoms with Gasteiger partial charge in [-0.25, -0.2) is 15.0 Å². The van der Waals surface area contributed by atoms with Crippen LogP contribution in [0.15, 0.2) is 12.4 Å². The molecular formula is C20H23N7O. The van der Waals surface area contributed by atoms with Crippen LogP contribution in [0.4, 0.5) is 5.82 Å². The highest BCUT2D eigenvalue weighted by Gasteiger charge is 2.27. The molecule has 0 atom stereocenters. The number of aryl methyl sites for hydroxylation is 2. The van der Waals surface area contributed by atoms with Gasteiger partial charge in [-0.3, -0.25) is 9.69 Å². The summed E-state index contributed by atoms with van der Waals surface area (Å²) >= 11 is 0. The molecular weight excluding hydrogens is 354 g/mol. The summed E-state index contributed by atoms with van der Waals surface area (Å²) in [7, 11) is 0. The van der Waals surface area contributed by atoms with Crippen LogP contribution in [0.1, 0.15) is 48.7 Å². The van der Waals surface area contributed by atoms with Gasteiger partial charge in [-0.15, -0.1) is 5.10 Å². The summed E-state index contributed by atoms with van der Waals surface area (Å²) < 4.78 is 3.92. The van der Waals surface area contributed by atoms with Gasteiger partial charge in [0.2, 0.25) is 5.91 Å². The topological polar surface area (TPSA) is 81.2 Å². The van der Waals surface area contributed by atoms with E-state index in [1.54, 1.807) is 9.42 Å². The number of anilines is 1. The molecule has 0 N–H and O–H groups in total. The third kappa shape index (κ3) is 3.08. The van der Waals surface area contributed by atoms with Gasteiger partial charge in [0.1, 0.15) is 11.6 Å². The normalized spacial score (nSPS) is 17.5. The number of imidazole rings is 1. The zero-order valence-electron chi connectivity index (χ0n) is 16.2. The molecule has 1 saturated carbocycles. The molecule has 2 fully saturated rings. The lowest BCUT2D eigenvalue weighted by atomic mass is 10.3. The molecule has 3 aromatic rings. The van der Waals surface area contributed by atoms with Crippen molar-refractivity contribution in [3.8, 4) is 0 Å². The van der Waals surface area contributed by atoms with Gasteiger partial charge < -0.3 is 4.57 Å². The van der Waals surface area contributed by atoms with Crippen LogP contribution in [-0.2, 0) is 11.3 Å². The fourth-order valence-corrected chi connectivity index (χ4v) is 3.63. The maximum atomic E-state index is 12.1. The van der Waals surface area contributed by atoms with Crippen LogP contribution in [0.5, 0.6) is 0 Å². The largest absolute Gasteiger partial charge is 0.329 e. The van der Waals surface area contributed by atoms with E-state index >= 15 is 0 Å². The second kappa shape index (κ2) is 6.54. The zero-order valence-corrected chi connectivity index (χ0v) is 16.2. The lowest BCUT2D eigenvalue weighted by Crippen LogP contribution is -2.23. The first kappa shape index (κ1) is 17.1. The highest BCUT2D eigenvalue weighted by atomic mass is 16.2. The average molecular weight is 377 g/mol. The Labute approximate surface area is 162 Å². The van der Waals surface area contributed by atoms with E-state index < -0.39 is 0 Å². The average Bonchev–Trinajstić information content (AvgIpc) is 3.06. The third-order valence-corrected chi connectivity index (χ3v) is 5.41. The smallest absolute Gasteiger partial charge is 0.228 e. The van der Waals surface area contributed by atoms with E-state index in [1.165, 1.54) is 12.8 Å². The van der Waals surface area contributed by atoms with E-state index in [1.807, 2.05) is 38.4 Å². The van der Waals surface area contributed by atoms with Gasteiger partial charge in [-0.05, 0) is 51.2 Å². The number of hydrogen-bond donors (Lipinski definition) is 0. The van der Waals surface area contributed by atoms with Crippen LogP contribution in [0.3, 0.4) is 0 Å². The quantitative estimate of drug-likeness (QED) is 0.683. The first-order valence-electron chi connectivity index (χ1n) is 9.83. The molecule has 4 heterocycles. The second-order valence-corrected chi connectivity index (χ2v) is 7.73. The predicted octanol–water partition coefficient (Wildman–Crippen LogP) is 2.64. The van der Waals surface area contributed by atoms with Crippen molar-refractivity contribution < 1.29 is 4.79 Å². The molecule has 3 aromatic heterocycles. The number of fused-ring (bicyclic) bond motifs is 1. The van der Waals surface area contributed by atoms with Crippen LogP contribution in [-0.4, -0.2) is 41.6 Å². The molecule has 2 aliphatic rings. The Morgan fingerprint density at radius 3 is 2.79 bits per heavy atom. The highest BCUT2D eigenvalue weighted by molar-refractivity contribution is 5.94. The first-order chi connectivity index (χ1) is 13.6. The molecule has 28 heavy (non-hydrogen) atoms. The number of rotatable bonds is 5. The first-order valence-corrected chi connectivity index (χ1v) is 9.83. The molecule has 144 valence electrons. The summed E-state index contributed by atoms with van der Waals surface area (Å²) in [5.41, 5.74) is 1.81. The van der Waals surface area contributed by atoms with Crippen molar-refractivity contribution in [1.29, 1.82) is 0 Å². The van der Waals surface area contributed by atoms with Gasteiger partial charge >= 0.3 is 0 Å². The summed E-state index contributed by atoms with van der Waals surface area (Å²) in [5.74, 6) is 3.89. The van der Waals surface area contributed by atoms with Gasteiger partial charge in [0.15, 0.2) is 17.3 Å². The van der Waals surface area contributed by atoms with Gasteiger partial charge in [0.25, 0.3) is 0 Å². The van der Waals surface area contributed by atoms with Gasteiger partial charge in [-0.2, -0.15) is 4.52 Å². The Morgan fingerprint density at radius 1 is 1.21 bits per heavy atom. The monoisotopic (exact) mass is 377 g/mol. The van der Waals surface area contributed by atoms with E-state index in [4.69, 9.17) is 4.98 Å². The Morgan fingerprint density at radius 2 is 2.07 bits per heavy atom. The molecule has 1 saturated heterocycles. The van der Waals surface area contributed by atoms with Crippen molar-refractivity contribution >= 4 is 29.5 Å². The van der Waals surface area contributed by atoms with Crippen molar-refractivity contribution in [2.75, 3.05) is 11.4 Å². The van der Waals surface area contributed by atoms with E-state index in [9.17, 15) is 4.79 Å². The molecule has 0 aromatic carbocycles. The fourth-order valence-electron chi connectivity index (χ4n) is 3.63. The van der Waals surface area contributed by atoms with Crippen LogP contribution >= 0.6 is 0 Å². The summed E-state index contributed by atoms with van der Waals surface area (Å²) in [4.78, 5) is 27.6. The molecule has 1 amide bonds. The summed E-state index contributed by atoms with van der Waals surface area (Å²) in [6, 6.07) is 0. The predicted molar refractivity (Wildman–Crippen MR) is 106 cm³/mol. The number of carbonyl (C=O) groups excluding carboxylic acids is 1. The summed E-state index contributed by atoms with van der Waals surface area (Å²) in [6.07, 6.45) is 11.7. The van der Waals surface area contributed by atoms with E-state index in [0.29, 0.717) is 18.2 Å². The minimum atomic E-state index is 0.159. The highest BCUT2D eigenvalue weighted by Crippen LogP contribution is 2.32. The van der Waals surface area contributed by atoms with E-state index in [2.05, 4.69) is 19.6 Å². The van der Waals surface area contributed by atoms with Gasteiger partial charge in [0.05, 0.1) is 0 Å². The maximum absolute atomic E-state index is 12.1. The van der Waals surface area contributed by atoms with Gasteiger partial charge in [-0.1, -0.05) is 0 Å². The minimum absolute atomic E-state index is 0.159. The van der Waals surface area contributed by atoms with Crippen LogP contribution in [0, 0.1) is 19.8 Å². The van der Waals surface area contributed by atoms with E-state index in [-0.39, 0.29) is 5.91 Å². The van der Waals surface area contributed by atoms with Gasteiger partial charge in [0, 0.05) is 37.5 Å². The number of amides is 1. The number of hydrogen-bond acceptors (Lipinski definition) is 5. The van der Waals surface area contributed by atoms with E-state index in [0.717, 1.165) is 48.2 Å². The lowest BCUT2D eigenvalue weighted by molar-refractivity contribution is -0.117. The van der Waals surface area contributed by atoms with Crippen molar-refractivity contribution in [2.45, 2.75) is 46.1 Å². The molecule has 0 spiro atoms. The van der Waals surface area contributed by atoms with Crippen molar-refractivity contribution in [3.63, 3.8) is 0 Å². The van der Waals surface area contributed by atoms with Crippen molar-refractivity contribution in [3.05, 3.63) is 35.4 Å². The summed E-state index contributed by atoms with van der Waals surface area (Å²) in [5, 5.41) is 4.54. The number of carbonyl (C=O) groups is 1. The summed E-state index contributed by atoms with van der Waals surface area (Å²) in [6.45, 7) is 5.58. The fraction of sp³-hybridized carbons (Fsp3) is 0.450. The van der Waals surface area contributed by atoms with Crippen molar-refractivity contribution in [2.24, 2.45) is 5.92 Å². The SMILES string of the molecule is Cc1cnc(C)n2nc(C=Cc3nc(N4CCCC4=O)cn3CC3CC3)nc12. The Hall–Kier alpha value is -3.03. The van der Waals surface area contributed by atoms with Crippen LogP contribution in [0.2, 0.25) is 0 Å². The van der Waals surface area contributed by atoms with Crippen molar-refractivity contribution in [1.82, 2.24) is 29.1 Å². The Kier molecular flexibility index (Phi) is 3.99. The maximum Gasteiger partial charge on any atom is 0.228 e. The molecule has 1 aliphatic carbocycles. The number of aromatic nitrogens is 6. The second-order valence-electron chi connectivity index (χ2n) is 7.73. The molecule has 0 bridgehead atoms. The number of nitrogens with zero attached hydrogens (tertiary/aromatic N) is 7. The molecule has 5 rings (SSSR count).